The van der Waals surface area contributed by atoms with Crippen LogP contribution in [0.3, 0.4) is 0 Å². The number of nitrogens with zero attached hydrogens (tertiary/aromatic N) is 2. The predicted octanol–water partition coefficient (Wildman–Crippen LogP) is 2.48. The molecule has 0 radical (unpaired) electrons. The van der Waals surface area contributed by atoms with Gasteiger partial charge in [-0.15, -0.1) is 0 Å². The smallest absolute Gasteiger partial charge is 0.417 e. The molecule has 0 spiro atoms. The summed E-state index contributed by atoms with van der Waals surface area (Å²) in [5, 5.41) is 9.36. The standard InChI is InChI=1S/C14H12F5N3OS/c1-22-12(23-13(15)16)9(10(21-22)14(17,18)19)7-24-11(20)8-5-3-2-4-6-8/h2-6,13,20H,7H2,1H3/p+1. The lowest BCUT2D eigenvalue weighted by Crippen LogP contribution is -2.38. The Morgan fingerprint density at radius 2 is 1.92 bits per heavy atom. The molecule has 2 aromatic rings. The van der Waals surface area contributed by atoms with E-state index in [0.717, 1.165) is 18.8 Å². The number of aromatic nitrogens is 2. The minimum Gasteiger partial charge on any atom is -0.417 e. The van der Waals surface area contributed by atoms with E-state index in [1.165, 1.54) is 0 Å². The van der Waals surface area contributed by atoms with Gasteiger partial charge in [-0.1, -0.05) is 30.0 Å². The molecular formula is C14H13F5N3OS+. The Morgan fingerprint density at radius 1 is 1.29 bits per heavy atom. The third kappa shape index (κ3) is 4.25. The van der Waals surface area contributed by atoms with Crippen molar-refractivity contribution in [2.24, 2.45) is 7.05 Å². The average Bonchev–Trinajstić information content (AvgIpc) is 2.82. The summed E-state index contributed by atoms with van der Waals surface area (Å²) >= 11 is 0.884. The van der Waals surface area contributed by atoms with Crippen molar-refractivity contribution >= 4 is 16.8 Å². The molecule has 2 rings (SSSR count). The lowest BCUT2D eigenvalue weighted by Gasteiger charge is -2.09. The van der Waals surface area contributed by atoms with Gasteiger partial charge in [-0.25, -0.2) is 10.1 Å². The number of hydrogen-bond donors (Lipinski definition) is 1. The van der Waals surface area contributed by atoms with Crippen LogP contribution in [0.15, 0.2) is 30.3 Å². The molecule has 0 fully saturated rings. The predicted molar refractivity (Wildman–Crippen MR) is 78.6 cm³/mol. The third-order valence-corrected chi connectivity index (χ3v) is 3.97. The maximum absolute atomic E-state index is 13.1. The van der Waals surface area contributed by atoms with E-state index < -0.39 is 29.9 Å². The SMILES string of the molecule is Cn1nc(C(F)(F)F)c(CSC(=[NH2+])c2ccccc2)c1OC(F)F. The number of ether oxygens (including phenoxy) is 1. The van der Waals surface area contributed by atoms with Gasteiger partial charge in [0.2, 0.25) is 10.9 Å². The van der Waals surface area contributed by atoms with E-state index in [0.29, 0.717) is 10.2 Å². The van der Waals surface area contributed by atoms with E-state index in [1.807, 2.05) is 0 Å². The molecule has 0 unspecified atom stereocenters. The normalized spacial score (nSPS) is 11.8. The van der Waals surface area contributed by atoms with E-state index in [-0.39, 0.29) is 10.8 Å². The van der Waals surface area contributed by atoms with Gasteiger partial charge in [0, 0.05) is 12.8 Å². The van der Waals surface area contributed by atoms with E-state index >= 15 is 0 Å². The fraction of sp³-hybridized carbons (Fsp3) is 0.286. The molecular weight excluding hydrogens is 353 g/mol. The van der Waals surface area contributed by atoms with Gasteiger partial charge in [0.25, 0.3) is 0 Å². The summed E-state index contributed by atoms with van der Waals surface area (Å²) in [4.78, 5) is 0. The first kappa shape index (κ1) is 18.2. The van der Waals surface area contributed by atoms with Crippen LogP contribution in [0.2, 0.25) is 0 Å². The highest BCUT2D eigenvalue weighted by Gasteiger charge is 2.40. The molecule has 0 aliphatic heterocycles. The van der Waals surface area contributed by atoms with Crippen LogP contribution >= 0.6 is 11.8 Å². The molecule has 4 nitrogen and oxygen atoms in total. The van der Waals surface area contributed by atoms with Crippen molar-refractivity contribution in [3.05, 3.63) is 47.2 Å². The van der Waals surface area contributed by atoms with Crippen LogP contribution in [0, 0.1) is 0 Å². The van der Waals surface area contributed by atoms with E-state index in [2.05, 4.69) is 9.84 Å². The van der Waals surface area contributed by atoms with Crippen LogP contribution < -0.4 is 10.1 Å². The zero-order valence-corrected chi connectivity index (χ0v) is 13.2. The van der Waals surface area contributed by atoms with Crippen molar-refractivity contribution in [3.63, 3.8) is 0 Å². The molecule has 1 aromatic carbocycles. The Hall–Kier alpha value is -2.10. The number of rotatable bonds is 5. The highest BCUT2D eigenvalue weighted by atomic mass is 32.2. The van der Waals surface area contributed by atoms with Crippen molar-refractivity contribution in [2.45, 2.75) is 18.5 Å². The van der Waals surface area contributed by atoms with Gasteiger partial charge in [0.1, 0.15) is 0 Å². The van der Waals surface area contributed by atoms with Crippen LogP contribution in [-0.2, 0) is 19.0 Å². The Bertz CT molecular complexity index is 715. The highest BCUT2D eigenvalue weighted by molar-refractivity contribution is 8.13. The average molecular weight is 366 g/mol. The molecule has 24 heavy (non-hydrogen) atoms. The summed E-state index contributed by atoms with van der Waals surface area (Å²) in [6, 6.07) is 8.58. The molecule has 0 bridgehead atoms. The minimum atomic E-state index is -4.79. The van der Waals surface area contributed by atoms with Gasteiger partial charge in [0.05, 0.1) is 11.1 Å². The van der Waals surface area contributed by atoms with Crippen LogP contribution in [0.1, 0.15) is 16.8 Å². The first-order chi connectivity index (χ1) is 11.2. The lowest BCUT2D eigenvalue weighted by atomic mass is 10.2. The van der Waals surface area contributed by atoms with E-state index in [9.17, 15) is 22.0 Å². The second-order valence-electron chi connectivity index (χ2n) is 4.65. The summed E-state index contributed by atoms with van der Waals surface area (Å²) in [6.45, 7) is -3.26. The summed E-state index contributed by atoms with van der Waals surface area (Å²) < 4.78 is 69.0. The van der Waals surface area contributed by atoms with Gasteiger partial charge in [0.15, 0.2) is 5.69 Å². The summed E-state index contributed by atoms with van der Waals surface area (Å²) in [6.07, 6.45) is -4.79. The maximum Gasteiger partial charge on any atom is 0.435 e. The largest absolute Gasteiger partial charge is 0.435 e. The summed E-state index contributed by atoms with van der Waals surface area (Å²) in [7, 11) is 1.10. The Labute approximate surface area is 138 Å². The van der Waals surface area contributed by atoms with Gasteiger partial charge >= 0.3 is 12.8 Å². The topological polar surface area (TPSA) is 52.6 Å². The van der Waals surface area contributed by atoms with Crippen molar-refractivity contribution in [3.8, 4) is 5.88 Å². The van der Waals surface area contributed by atoms with E-state index in [4.69, 9.17) is 5.41 Å². The Kier molecular flexibility index (Phi) is 5.47. The molecule has 0 aliphatic carbocycles. The Morgan fingerprint density at radius 3 is 2.46 bits per heavy atom. The van der Waals surface area contributed by atoms with Crippen molar-refractivity contribution in [2.75, 3.05) is 0 Å². The number of nitrogens with two attached hydrogens (primary N) is 1. The number of alkyl halides is 5. The van der Waals surface area contributed by atoms with Crippen molar-refractivity contribution in [1.29, 1.82) is 0 Å². The van der Waals surface area contributed by atoms with Gasteiger partial charge < -0.3 is 4.74 Å². The second-order valence-corrected chi connectivity index (χ2v) is 5.67. The fourth-order valence-corrected chi connectivity index (χ4v) is 2.84. The quantitative estimate of drug-likeness (QED) is 0.503. The van der Waals surface area contributed by atoms with E-state index in [1.54, 1.807) is 30.3 Å². The Balaban J connectivity index is 2.28. The molecule has 10 heteroatoms. The lowest BCUT2D eigenvalue weighted by molar-refractivity contribution is -0.142. The minimum absolute atomic E-state index is 0.260. The maximum atomic E-state index is 13.1. The molecule has 130 valence electrons. The molecule has 0 aliphatic rings. The zero-order chi connectivity index (χ0) is 17.9. The molecule has 0 saturated heterocycles. The number of halogens is 5. The fourth-order valence-electron chi connectivity index (χ4n) is 1.98. The van der Waals surface area contributed by atoms with Gasteiger partial charge in [-0.2, -0.15) is 27.1 Å². The van der Waals surface area contributed by atoms with Gasteiger partial charge in [-0.05, 0) is 12.1 Å². The number of benzene rings is 1. The number of hydrogen-bond acceptors (Lipinski definition) is 3. The number of aryl methyl sites for hydroxylation is 1. The molecule has 1 heterocycles. The van der Waals surface area contributed by atoms with Gasteiger partial charge in [-0.3, -0.25) is 0 Å². The monoisotopic (exact) mass is 366 g/mol. The molecule has 0 amide bonds. The first-order valence-electron chi connectivity index (χ1n) is 6.58. The first-order valence-corrected chi connectivity index (χ1v) is 7.57. The summed E-state index contributed by atoms with van der Waals surface area (Å²) in [5.74, 6) is -0.948. The van der Waals surface area contributed by atoms with Crippen LogP contribution in [-0.4, -0.2) is 21.4 Å². The number of thioether (sulfide) groups is 1. The van der Waals surface area contributed by atoms with Crippen molar-refractivity contribution in [1.82, 2.24) is 9.78 Å². The molecule has 0 atom stereocenters. The van der Waals surface area contributed by atoms with Crippen LogP contribution in [0.5, 0.6) is 5.88 Å². The molecule has 1 aromatic heterocycles. The molecule has 0 saturated carbocycles. The van der Waals surface area contributed by atoms with Crippen molar-refractivity contribution < 1.29 is 32.1 Å². The zero-order valence-electron chi connectivity index (χ0n) is 12.3. The highest BCUT2D eigenvalue weighted by Crippen LogP contribution is 2.38. The van der Waals surface area contributed by atoms with Crippen LogP contribution in [0.4, 0.5) is 22.0 Å². The third-order valence-electron chi connectivity index (χ3n) is 2.99. The van der Waals surface area contributed by atoms with Crippen LogP contribution in [0.25, 0.3) is 0 Å². The second kappa shape index (κ2) is 7.20. The summed E-state index contributed by atoms with van der Waals surface area (Å²) in [5.41, 5.74) is -1.13. The molecule has 2 N–H and O–H groups in total.